The molecule has 0 aromatic heterocycles. The van der Waals surface area contributed by atoms with Gasteiger partial charge < -0.3 is 4.90 Å². The molecule has 2 aromatic carbocycles. The lowest BCUT2D eigenvalue weighted by Gasteiger charge is -2.29. The van der Waals surface area contributed by atoms with Gasteiger partial charge in [0.25, 0.3) is 0 Å². The van der Waals surface area contributed by atoms with Crippen LogP contribution in [0.2, 0.25) is 0 Å². The molecule has 3 heteroatoms. The van der Waals surface area contributed by atoms with Crippen LogP contribution in [0.1, 0.15) is 36.9 Å². The van der Waals surface area contributed by atoms with Gasteiger partial charge in [-0.2, -0.15) is 0 Å². The van der Waals surface area contributed by atoms with Crippen molar-refractivity contribution in [2.75, 3.05) is 24.5 Å². The number of likely N-dealkylation sites (N-methyl/N-ethyl adjacent to an activating group) is 1. The van der Waals surface area contributed by atoms with Crippen LogP contribution in [0.25, 0.3) is 0 Å². The lowest BCUT2D eigenvalue weighted by atomic mass is 9.99. The van der Waals surface area contributed by atoms with E-state index >= 15 is 0 Å². The van der Waals surface area contributed by atoms with E-state index in [-0.39, 0.29) is 5.91 Å². The second kappa shape index (κ2) is 7.63. The molecule has 1 aliphatic rings. The number of carbonyl (C=O) groups excluding carboxylic acids is 1. The molecule has 1 aliphatic heterocycles. The molecule has 1 amide bonds. The van der Waals surface area contributed by atoms with Crippen molar-refractivity contribution in [1.29, 1.82) is 0 Å². The summed E-state index contributed by atoms with van der Waals surface area (Å²) in [5.41, 5.74) is 3.67. The normalized spacial score (nSPS) is 17.8. The van der Waals surface area contributed by atoms with Crippen molar-refractivity contribution in [1.82, 2.24) is 4.90 Å². The van der Waals surface area contributed by atoms with Gasteiger partial charge >= 0.3 is 0 Å². The van der Waals surface area contributed by atoms with Crippen LogP contribution in [0.4, 0.5) is 5.69 Å². The molecule has 1 fully saturated rings. The minimum absolute atomic E-state index is 0.184. The molecule has 0 saturated carbocycles. The molecule has 0 unspecified atom stereocenters. The summed E-state index contributed by atoms with van der Waals surface area (Å²) in [6, 6.07) is 18.9. The Hall–Kier alpha value is -2.13. The summed E-state index contributed by atoms with van der Waals surface area (Å²) in [4.78, 5) is 17.1. The third kappa shape index (κ3) is 3.51. The lowest BCUT2D eigenvalue weighted by Crippen LogP contribution is -2.40. The second-order valence-corrected chi connectivity index (χ2v) is 6.46. The first-order valence-electron chi connectivity index (χ1n) is 8.85. The highest BCUT2D eigenvalue weighted by Crippen LogP contribution is 2.33. The number of hydrogen-bond acceptors (Lipinski definition) is 2. The predicted molar refractivity (Wildman–Crippen MR) is 99.2 cm³/mol. The standard InChI is InChI=1S/C21H26N2O/c1-3-23(18-11-5-4-6-12-18)21(24)16-22-15-9-14-20(22)19-13-8-7-10-17(19)2/h4-8,10-13,20H,3,9,14-16H2,1-2H3/t20-/m0/s1. The summed E-state index contributed by atoms with van der Waals surface area (Å²) in [6.45, 7) is 6.38. The molecule has 3 nitrogen and oxygen atoms in total. The number of amides is 1. The largest absolute Gasteiger partial charge is 0.312 e. The highest BCUT2D eigenvalue weighted by Gasteiger charge is 2.29. The minimum Gasteiger partial charge on any atom is -0.312 e. The van der Waals surface area contributed by atoms with Crippen molar-refractivity contribution in [3.8, 4) is 0 Å². The van der Waals surface area contributed by atoms with E-state index in [1.807, 2.05) is 42.2 Å². The van der Waals surface area contributed by atoms with E-state index in [4.69, 9.17) is 0 Å². The number of nitrogens with zero attached hydrogens (tertiary/aromatic N) is 2. The average Bonchev–Trinajstić information content (AvgIpc) is 3.05. The van der Waals surface area contributed by atoms with E-state index in [1.54, 1.807) is 0 Å². The Kier molecular flexibility index (Phi) is 5.31. The number of hydrogen-bond donors (Lipinski definition) is 0. The van der Waals surface area contributed by atoms with Gasteiger partial charge in [0, 0.05) is 18.3 Å². The number of carbonyl (C=O) groups is 1. The predicted octanol–water partition coefficient (Wildman–Crippen LogP) is 4.19. The van der Waals surface area contributed by atoms with Crippen molar-refractivity contribution in [3.63, 3.8) is 0 Å². The van der Waals surface area contributed by atoms with Gasteiger partial charge in [0.2, 0.25) is 5.91 Å². The lowest BCUT2D eigenvalue weighted by molar-refractivity contribution is -0.119. The fraction of sp³-hybridized carbons (Fsp3) is 0.381. The molecule has 0 N–H and O–H groups in total. The zero-order valence-electron chi connectivity index (χ0n) is 14.6. The highest BCUT2D eigenvalue weighted by atomic mass is 16.2. The van der Waals surface area contributed by atoms with Gasteiger partial charge in [-0.05, 0) is 56.5 Å². The zero-order chi connectivity index (χ0) is 16.9. The molecular weight excluding hydrogens is 296 g/mol. The van der Waals surface area contributed by atoms with Gasteiger partial charge in [0.1, 0.15) is 0 Å². The van der Waals surface area contributed by atoms with Crippen LogP contribution >= 0.6 is 0 Å². The Labute approximate surface area is 144 Å². The Balaban J connectivity index is 1.74. The number of aryl methyl sites for hydroxylation is 1. The number of anilines is 1. The maximum atomic E-state index is 12.9. The SMILES string of the molecule is CCN(C(=O)CN1CCC[C@H]1c1ccccc1C)c1ccccc1. The summed E-state index contributed by atoms with van der Waals surface area (Å²) >= 11 is 0. The van der Waals surface area contributed by atoms with Gasteiger partial charge in [-0.15, -0.1) is 0 Å². The van der Waals surface area contributed by atoms with E-state index in [0.29, 0.717) is 19.1 Å². The van der Waals surface area contributed by atoms with Gasteiger partial charge in [0.05, 0.1) is 6.54 Å². The molecule has 24 heavy (non-hydrogen) atoms. The van der Waals surface area contributed by atoms with Gasteiger partial charge in [0.15, 0.2) is 0 Å². The zero-order valence-corrected chi connectivity index (χ0v) is 14.6. The first kappa shape index (κ1) is 16.7. The van der Waals surface area contributed by atoms with Crippen LogP contribution in [-0.2, 0) is 4.79 Å². The van der Waals surface area contributed by atoms with E-state index < -0.39 is 0 Å². The number of para-hydroxylation sites is 1. The molecular formula is C21H26N2O. The molecule has 1 atom stereocenters. The number of benzene rings is 2. The molecule has 0 bridgehead atoms. The molecule has 126 valence electrons. The van der Waals surface area contributed by atoms with E-state index in [2.05, 4.69) is 36.1 Å². The Morgan fingerprint density at radius 2 is 1.83 bits per heavy atom. The summed E-state index contributed by atoms with van der Waals surface area (Å²) in [7, 11) is 0. The van der Waals surface area contributed by atoms with Crippen LogP contribution in [0, 0.1) is 6.92 Å². The summed E-state index contributed by atoms with van der Waals surface area (Å²) < 4.78 is 0. The van der Waals surface area contributed by atoms with Crippen molar-refractivity contribution in [2.24, 2.45) is 0 Å². The van der Waals surface area contributed by atoms with Crippen LogP contribution < -0.4 is 4.90 Å². The highest BCUT2D eigenvalue weighted by molar-refractivity contribution is 5.94. The Bertz CT molecular complexity index is 683. The van der Waals surface area contributed by atoms with E-state index in [1.165, 1.54) is 11.1 Å². The quantitative estimate of drug-likeness (QED) is 0.824. The summed E-state index contributed by atoms with van der Waals surface area (Å²) in [6.07, 6.45) is 2.29. The molecule has 2 aromatic rings. The van der Waals surface area contributed by atoms with Gasteiger partial charge in [-0.1, -0.05) is 42.5 Å². The number of rotatable bonds is 5. The van der Waals surface area contributed by atoms with E-state index in [9.17, 15) is 4.79 Å². The van der Waals surface area contributed by atoms with Crippen LogP contribution in [0.5, 0.6) is 0 Å². The smallest absolute Gasteiger partial charge is 0.241 e. The monoisotopic (exact) mass is 322 g/mol. The maximum absolute atomic E-state index is 12.9. The number of likely N-dealkylation sites (tertiary alicyclic amines) is 1. The van der Waals surface area contributed by atoms with Crippen LogP contribution in [0.15, 0.2) is 54.6 Å². The molecule has 0 aliphatic carbocycles. The van der Waals surface area contributed by atoms with Crippen LogP contribution in [0.3, 0.4) is 0 Å². The van der Waals surface area contributed by atoms with Gasteiger partial charge in [-0.3, -0.25) is 9.69 Å². The Morgan fingerprint density at radius 3 is 2.54 bits per heavy atom. The maximum Gasteiger partial charge on any atom is 0.241 e. The molecule has 1 heterocycles. The van der Waals surface area contributed by atoms with Gasteiger partial charge in [-0.25, -0.2) is 0 Å². The van der Waals surface area contributed by atoms with Crippen molar-refractivity contribution < 1.29 is 4.79 Å². The molecule has 0 spiro atoms. The van der Waals surface area contributed by atoms with E-state index in [0.717, 1.165) is 25.1 Å². The van der Waals surface area contributed by atoms with Crippen molar-refractivity contribution in [2.45, 2.75) is 32.7 Å². The average molecular weight is 322 g/mol. The topological polar surface area (TPSA) is 23.6 Å². The fourth-order valence-electron chi connectivity index (χ4n) is 3.70. The molecule has 0 radical (unpaired) electrons. The molecule has 3 rings (SSSR count). The fourth-order valence-corrected chi connectivity index (χ4v) is 3.70. The summed E-state index contributed by atoms with van der Waals surface area (Å²) in [5, 5.41) is 0. The van der Waals surface area contributed by atoms with Crippen LogP contribution in [-0.4, -0.2) is 30.4 Å². The summed E-state index contributed by atoms with van der Waals surface area (Å²) in [5.74, 6) is 0.184. The first-order chi connectivity index (χ1) is 11.7. The molecule has 1 saturated heterocycles. The minimum atomic E-state index is 0.184. The third-order valence-electron chi connectivity index (χ3n) is 4.93. The van der Waals surface area contributed by atoms with Crippen molar-refractivity contribution in [3.05, 3.63) is 65.7 Å². The Morgan fingerprint density at radius 1 is 1.12 bits per heavy atom. The second-order valence-electron chi connectivity index (χ2n) is 6.46. The van der Waals surface area contributed by atoms with Crippen molar-refractivity contribution >= 4 is 11.6 Å². The first-order valence-corrected chi connectivity index (χ1v) is 8.85. The third-order valence-corrected chi connectivity index (χ3v) is 4.93.